The Morgan fingerprint density at radius 2 is 2.20 bits per heavy atom. The summed E-state index contributed by atoms with van der Waals surface area (Å²) in [6.45, 7) is 0. The highest BCUT2D eigenvalue weighted by Crippen LogP contribution is 2.39. The minimum Gasteiger partial charge on any atom is -0.222 e. The van der Waals surface area contributed by atoms with E-state index in [4.69, 9.17) is 0 Å². The lowest BCUT2D eigenvalue weighted by molar-refractivity contribution is 0.577. The van der Waals surface area contributed by atoms with E-state index in [1.165, 1.54) is 24.5 Å². The van der Waals surface area contributed by atoms with E-state index in [9.17, 15) is 4.39 Å². The van der Waals surface area contributed by atoms with Crippen LogP contribution in [0, 0.1) is 5.95 Å². The third-order valence-corrected chi connectivity index (χ3v) is 2.59. The third-order valence-electron chi connectivity index (χ3n) is 2.59. The van der Waals surface area contributed by atoms with E-state index >= 15 is 0 Å². The Balaban J connectivity index is 1.97. The minimum absolute atomic E-state index is 0.476. The zero-order valence-electron chi connectivity index (χ0n) is 8.10. The van der Waals surface area contributed by atoms with Crippen molar-refractivity contribution in [3.8, 4) is 5.82 Å². The van der Waals surface area contributed by atoms with Gasteiger partial charge in [0.1, 0.15) is 0 Å². The molecule has 0 N–H and O–H groups in total. The fourth-order valence-electron chi connectivity index (χ4n) is 1.61. The molecule has 0 unspecified atom stereocenters. The number of aromatic nitrogens is 3. The lowest BCUT2D eigenvalue weighted by atomic mass is 10.2. The van der Waals surface area contributed by atoms with Gasteiger partial charge in [-0.15, -0.1) is 0 Å². The van der Waals surface area contributed by atoms with E-state index in [-0.39, 0.29) is 0 Å². The van der Waals surface area contributed by atoms with Crippen LogP contribution in [0.4, 0.5) is 4.39 Å². The second kappa shape index (κ2) is 3.15. The van der Waals surface area contributed by atoms with Gasteiger partial charge >= 0.3 is 0 Å². The molecule has 1 fully saturated rings. The van der Waals surface area contributed by atoms with Gasteiger partial charge in [-0.1, -0.05) is 6.07 Å². The Labute approximate surface area is 86.6 Å². The predicted octanol–water partition coefficient (Wildman–Crippen LogP) is 2.28. The van der Waals surface area contributed by atoms with Crippen molar-refractivity contribution in [2.45, 2.75) is 18.8 Å². The Kier molecular flexibility index (Phi) is 1.80. The molecule has 2 aromatic rings. The molecule has 0 spiro atoms. The Bertz CT molecular complexity index is 488. The molecule has 2 heterocycles. The quantitative estimate of drug-likeness (QED) is 0.701. The van der Waals surface area contributed by atoms with Crippen LogP contribution in [0.15, 0.2) is 30.6 Å². The molecule has 0 bridgehead atoms. The molecule has 3 rings (SSSR count). The van der Waals surface area contributed by atoms with E-state index in [1.54, 1.807) is 16.8 Å². The summed E-state index contributed by atoms with van der Waals surface area (Å²) in [4.78, 5) is 3.77. The Morgan fingerprint density at radius 1 is 1.33 bits per heavy atom. The summed E-state index contributed by atoms with van der Waals surface area (Å²) in [5.41, 5.74) is 1.22. The first-order chi connectivity index (χ1) is 7.33. The van der Waals surface area contributed by atoms with Crippen molar-refractivity contribution in [2.75, 3.05) is 0 Å². The van der Waals surface area contributed by atoms with Crippen LogP contribution in [-0.4, -0.2) is 14.8 Å². The zero-order valence-corrected chi connectivity index (χ0v) is 8.10. The van der Waals surface area contributed by atoms with Crippen molar-refractivity contribution in [3.05, 3.63) is 42.1 Å². The van der Waals surface area contributed by atoms with E-state index in [0.717, 1.165) is 0 Å². The van der Waals surface area contributed by atoms with Crippen LogP contribution in [0.2, 0.25) is 0 Å². The third kappa shape index (κ3) is 1.63. The standard InChI is InChI=1S/C11H10FN3/c12-10-2-1-3-11(14-10)15-7-9(6-13-15)8-4-5-8/h1-3,6-8H,4-5H2. The summed E-state index contributed by atoms with van der Waals surface area (Å²) in [7, 11) is 0. The average Bonchev–Trinajstić information content (AvgIpc) is 2.97. The van der Waals surface area contributed by atoms with Crippen molar-refractivity contribution < 1.29 is 4.39 Å². The second-order valence-electron chi connectivity index (χ2n) is 3.81. The average molecular weight is 203 g/mol. The van der Waals surface area contributed by atoms with E-state index in [2.05, 4.69) is 10.1 Å². The molecule has 0 saturated heterocycles. The Morgan fingerprint density at radius 3 is 2.93 bits per heavy atom. The lowest BCUT2D eigenvalue weighted by Gasteiger charge is -1.98. The molecule has 1 saturated carbocycles. The number of nitrogens with zero attached hydrogens (tertiary/aromatic N) is 3. The van der Waals surface area contributed by atoms with E-state index in [1.807, 2.05) is 12.4 Å². The fourth-order valence-corrected chi connectivity index (χ4v) is 1.61. The lowest BCUT2D eigenvalue weighted by Crippen LogP contribution is -1.98. The van der Waals surface area contributed by atoms with Crippen LogP contribution < -0.4 is 0 Å². The molecular formula is C11H10FN3. The molecule has 0 aromatic carbocycles. The molecule has 2 aromatic heterocycles. The molecular weight excluding hydrogens is 193 g/mol. The molecule has 4 heteroatoms. The van der Waals surface area contributed by atoms with Gasteiger partial charge in [0.15, 0.2) is 5.82 Å². The normalized spacial score (nSPS) is 15.5. The number of halogens is 1. The van der Waals surface area contributed by atoms with Gasteiger partial charge in [-0.2, -0.15) is 9.49 Å². The summed E-state index contributed by atoms with van der Waals surface area (Å²) in [5.74, 6) is 0.713. The second-order valence-corrected chi connectivity index (χ2v) is 3.81. The highest BCUT2D eigenvalue weighted by molar-refractivity contribution is 5.25. The van der Waals surface area contributed by atoms with Gasteiger partial charge in [-0.05, 0) is 36.5 Å². The summed E-state index contributed by atoms with van der Waals surface area (Å²) in [6.07, 6.45) is 6.24. The summed E-state index contributed by atoms with van der Waals surface area (Å²) >= 11 is 0. The maximum absolute atomic E-state index is 12.9. The highest BCUT2D eigenvalue weighted by Gasteiger charge is 2.24. The molecule has 76 valence electrons. The van der Waals surface area contributed by atoms with Gasteiger partial charge in [-0.3, -0.25) is 0 Å². The first kappa shape index (κ1) is 8.59. The van der Waals surface area contributed by atoms with Crippen LogP contribution >= 0.6 is 0 Å². The summed E-state index contributed by atoms with van der Waals surface area (Å²) in [5, 5.41) is 4.18. The highest BCUT2D eigenvalue weighted by atomic mass is 19.1. The SMILES string of the molecule is Fc1cccc(-n2cc(C3CC3)cn2)n1. The smallest absolute Gasteiger partial charge is 0.214 e. The predicted molar refractivity (Wildman–Crippen MR) is 53.3 cm³/mol. The maximum Gasteiger partial charge on any atom is 0.214 e. The molecule has 1 aliphatic rings. The summed E-state index contributed by atoms with van der Waals surface area (Å²) in [6, 6.07) is 4.71. The van der Waals surface area contributed by atoms with Gasteiger partial charge in [0.25, 0.3) is 0 Å². The van der Waals surface area contributed by atoms with Crippen molar-refractivity contribution in [3.63, 3.8) is 0 Å². The van der Waals surface area contributed by atoms with Gasteiger partial charge in [0, 0.05) is 6.20 Å². The van der Waals surface area contributed by atoms with E-state index < -0.39 is 5.95 Å². The van der Waals surface area contributed by atoms with Crippen LogP contribution in [0.5, 0.6) is 0 Å². The van der Waals surface area contributed by atoms with Gasteiger partial charge in [0.05, 0.1) is 6.20 Å². The van der Waals surface area contributed by atoms with Crippen molar-refractivity contribution in [1.82, 2.24) is 14.8 Å². The first-order valence-corrected chi connectivity index (χ1v) is 5.00. The summed E-state index contributed by atoms with van der Waals surface area (Å²) < 4.78 is 14.5. The number of pyridine rings is 1. The molecule has 3 nitrogen and oxygen atoms in total. The van der Waals surface area contributed by atoms with Gasteiger partial charge < -0.3 is 0 Å². The van der Waals surface area contributed by atoms with Crippen LogP contribution in [0.1, 0.15) is 24.3 Å². The van der Waals surface area contributed by atoms with Crippen molar-refractivity contribution >= 4 is 0 Å². The molecule has 0 atom stereocenters. The maximum atomic E-state index is 12.9. The van der Waals surface area contributed by atoms with Gasteiger partial charge in [0.2, 0.25) is 5.95 Å². The zero-order chi connectivity index (χ0) is 10.3. The monoisotopic (exact) mass is 203 g/mol. The van der Waals surface area contributed by atoms with Crippen LogP contribution in [0.25, 0.3) is 5.82 Å². The molecule has 1 aliphatic carbocycles. The van der Waals surface area contributed by atoms with E-state index in [0.29, 0.717) is 11.7 Å². The molecule has 0 radical (unpaired) electrons. The molecule has 0 aliphatic heterocycles. The fraction of sp³-hybridized carbons (Fsp3) is 0.273. The van der Waals surface area contributed by atoms with Gasteiger partial charge in [-0.25, -0.2) is 9.67 Å². The molecule has 15 heavy (non-hydrogen) atoms. The van der Waals surface area contributed by atoms with Crippen LogP contribution in [0.3, 0.4) is 0 Å². The Hall–Kier alpha value is -1.71. The first-order valence-electron chi connectivity index (χ1n) is 5.00. The van der Waals surface area contributed by atoms with Crippen molar-refractivity contribution in [1.29, 1.82) is 0 Å². The number of hydrogen-bond acceptors (Lipinski definition) is 2. The largest absolute Gasteiger partial charge is 0.222 e. The topological polar surface area (TPSA) is 30.7 Å². The van der Waals surface area contributed by atoms with Crippen molar-refractivity contribution in [2.24, 2.45) is 0 Å². The minimum atomic E-state index is -0.476. The number of rotatable bonds is 2. The van der Waals surface area contributed by atoms with Crippen LogP contribution in [-0.2, 0) is 0 Å². The molecule has 0 amide bonds. The number of hydrogen-bond donors (Lipinski definition) is 0.